The maximum absolute atomic E-state index is 11.6. The molecule has 0 atom stereocenters. The van der Waals surface area contributed by atoms with Crippen molar-refractivity contribution in [1.29, 1.82) is 5.53 Å². The van der Waals surface area contributed by atoms with Gasteiger partial charge >= 0.3 is 6.03 Å². The molecule has 2 rings (SSSR count). The molecule has 0 aromatic heterocycles. The number of nitrogens with zero attached hydrogens (tertiary/aromatic N) is 2. The average Bonchev–Trinajstić information content (AvgIpc) is 3.27. The van der Waals surface area contributed by atoms with Crippen molar-refractivity contribution in [3.8, 4) is 0 Å². The smallest absolute Gasteiger partial charge is 0.339 e. The Hall–Kier alpha value is -1.95. The van der Waals surface area contributed by atoms with E-state index in [4.69, 9.17) is 5.53 Å². The summed E-state index contributed by atoms with van der Waals surface area (Å²) in [5, 5.41) is 6.89. The van der Waals surface area contributed by atoms with Crippen molar-refractivity contribution >= 4 is 11.7 Å². The minimum Gasteiger partial charge on any atom is -0.339 e. The molecule has 0 radical (unpaired) electrons. The van der Waals surface area contributed by atoms with Gasteiger partial charge in [0.15, 0.2) is 0 Å². The van der Waals surface area contributed by atoms with E-state index in [9.17, 15) is 4.79 Å². The van der Waals surface area contributed by atoms with E-state index in [1.165, 1.54) is 14.1 Å². The van der Waals surface area contributed by atoms with Crippen LogP contribution in [-0.2, 0) is 0 Å². The van der Waals surface area contributed by atoms with Crippen molar-refractivity contribution in [2.24, 2.45) is 11.0 Å². The standard InChI is InChI=1S/C12H16N4O.CH5N/c1-8-3-6-11(10(7-8)9-4-5-9)16(15-13)12(17)14-2;1-2/h3,6-7,9,13H,4-5H2,1-2H3,(H,14,17);2H2,1H3. The normalized spacial score (nSPS) is 13.1. The first kappa shape index (κ1) is 15.1. The topological polar surface area (TPSA) is 94.6 Å². The van der Waals surface area contributed by atoms with E-state index in [0.29, 0.717) is 11.6 Å². The third-order valence-electron chi connectivity index (χ3n) is 2.93. The zero-order valence-corrected chi connectivity index (χ0v) is 11.6. The van der Waals surface area contributed by atoms with Crippen molar-refractivity contribution in [2.75, 3.05) is 19.1 Å². The van der Waals surface area contributed by atoms with E-state index in [0.717, 1.165) is 29.0 Å². The molecule has 6 nitrogen and oxygen atoms in total. The molecule has 1 aromatic carbocycles. The van der Waals surface area contributed by atoms with E-state index in [2.05, 4.69) is 22.3 Å². The van der Waals surface area contributed by atoms with Crippen LogP contribution in [-0.4, -0.2) is 20.1 Å². The van der Waals surface area contributed by atoms with Crippen molar-refractivity contribution in [3.05, 3.63) is 29.3 Å². The number of nitrogens with two attached hydrogens (primary N) is 1. The predicted octanol–water partition coefficient (Wildman–Crippen LogP) is 2.54. The van der Waals surface area contributed by atoms with Gasteiger partial charge < -0.3 is 11.1 Å². The van der Waals surface area contributed by atoms with Crippen LogP contribution in [0.25, 0.3) is 0 Å². The molecular formula is C13H21N5O. The lowest BCUT2D eigenvalue weighted by atomic mass is 10.0. The Morgan fingerprint density at radius 3 is 2.58 bits per heavy atom. The molecule has 0 unspecified atom stereocenters. The quantitative estimate of drug-likeness (QED) is 0.577. The molecule has 0 bridgehead atoms. The summed E-state index contributed by atoms with van der Waals surface area (Å²) in [7, 11) is 3.03. The second-order valence-electron chi connectivity index (χ2n) is 4.30. The first-order chi connectivity index (χ1) is 9.17. The van der Waals surface area contributed by atoms with E-state index in [1.54, 1.807) is 0 Å². The van der Waals surface area contributed by atoms with Crippen molar-refractivity contribution in [1.82, 2.24) is 5.32 Å². The summed E-state index contributed by atoms with van der Waals surface area (Å²) >= 11 is 0. The minimum atomic E-state index is -0.384. The van der Waals surface area contributed by atoms with Crippen LogP contribution >= 0.6 is 0 Å². The fraction of sp³-hybridized carbons (Fsp3) is 0.462. The van der Waals surface area contributed by atoms with Gasteiger partial charge in [-0.15, -0.1) is 0 Å². The molecule has 104 valence electrons. The van der Waals surface area contributed by atoms with Crippen LogP contribution in [0.3, 0.4) is 0 Å². The maximum atomic E-state index is 11.6. The summed E-state index contributed by atoms with van der Waals surface area (Å²) in [5.41, 5.74) is 14.6. The highest BCUT2D eigenvalue weighted by Crippen LogP contribution is 2.44. The fourth-order valence-electron chi connectivity index (χ4n) is 1.90. The SMILES string of the molecule is CN.CNC(=O)N(N=N)c1ccc(C)cc1C1CC1. The van der Waals surface area contributed by atoms with Crippen molar-refractivity contribution < 1.29 is 4.79 Å². The number of hydrogen-bond donors (Lipinski definition) is 3. The van der Waals surface area contributed by atoms with E-state index in [1.807, 2.05) is 19.1 Å². The van der Waals surface area contributed by atoms with Gasteiger partial charge in [0.05, 0.1) is 5.69 Å². The number of carbonyl (C=O) groups excluding carboxylic acids is 1. The molecule has 1 saturated carbocycles. The number of amides is 2. The van der Waals surface area contributed by atoms with Crippen LogP contribution < -0.4 is 16.1 Å². The third kappa shape index (κ3) is 3.51. The number of aryl methyl sites for hydroxylation is 1. The van der Waals surface area contributed by atoms with Crippen LogP contribution in [0.2, 0.25) is 0 Å². The second kappa shape index (κ2) is 6.84. The summed E-state index contributed by atoms with van der Waals surface area (Å²) in [6.45, 7) is 2.03. The van der Waals surface area contributed by atoms with Gasteiger partial charge in [-0.1, -0.05) is 22.9 Å². The van der Waals surface area contributed by atoms with Crippen LogP contribution in [0.15, 0.2) is 23.4 Å². The fourth-order valence-corrected chi connectivity index (χ4v) is 1.90. The number of rotatable bonds is 3. The van der Waals surface area contributed by atoms with Gasteiger partial charge in [-0.25, -0.2) is 4.79 Å². The molecule has 6 heteroatoms. The zero-order chi connectivity index (χ0) is 14.4. The Labute approximate surface area is 113 Å². The number of hydrogen-bond acceptors (Lipinski definition) is 4. The third-order valence-corrected chi connectivity index (χ3v) is 2.93. The summed E-state index contributed by atoms with van der Waals surface area (Å²) in [4.78, 5) is 11.6. The highest BCUT2D eigenvalue weighted by molar-refractivity contribution is 5.92. The number of benzene rings is 1. The molecule has 0 spiro atoms. The molecule has 2 amide bonds. The number of anilines is 1. The molecule has 4 N–H and O–H groups in total. The van der Waals surface area contributed by atoms with E-state index in [-0.39, 0.29) is 6.03 Å². The number of nitrogens with one attached hydrogen (secondary N) is 2. The summed E-state index contributed by atoms with van der Waals surface area (Å²) in [5.74, 6) is 0.513. The molecule has 0 saturated heterocycles. The lowest BCUT2D eigenvalue weighted by Gasteiger charge is -2.18. The van der Waals surface area contributed by atoms with Crippen LogP contribution in [0.1, 0.15) is 29.9 Å². The lowest BCUT2D eigenvalue weighted by Crippen LogP contribution is -2.34. The Bertz CT molecular complexity index is 456. The molecule has 1 aliphatic rings. The molecule has 1 fully saturated rings. The zero-order valence-electron chi connectivity index (χ0n) is 11.6. The first-order valence-corrected chi connectivity index (χ1v) is 6.25. The van der Waals surface area contributed by atoms with Crippen LogP contribution in [0.4, 0.5) is 10.5 Å². The van der Waals surface area contributed by atoms with Gasteiger partial charge in [0.25, 0.3) is 0 Å². The molecule has 1 aliphatic carbocycles. The number of carbonyl (C=O) groups is 1. The number of urea groups is 1. The van der Waals surface area contributed by atoms with Gasteiger partial charge in [-0.3, -0.25) is 0 Å². The van der Waals surface area contributed by atoms with Gasteiger partial charge in [0.1, 0.15) is 0 Å². The predicted molar refractivity (Wildman–Crippen MR) is 75.3 cm³/mol. The molecule has 19 heavy (non-hydrogen) atoms. The highest BCUT2D eigenvalue weighted by atomic mass is 16.2. The summed E-state index contributed by atoms with van der Waals surface area (Å²) in [6, 6.07) is 5.48. The van der Waals surface area contributed by atoms with Crippen molar-refractivity contribution in [2.45, 2.75) is 25.7 Å². The summed E-state index contributed by atoms with van der Waals surface area (Å²) < 4.78 is 0. The minimum absolute atomic E-state index is 0.384. The molecule has 0 aliphatic heterocycles. The Morgan fingerprint density at radius 2 is 2.11 bits per heavy atom. The van der Waals surface area contributed by atoms with E-state index >= 15 is 0 Å². The maximum Gasteiger partial charge on any atom is 0.343 e. The average molecular weight is 263 g/mol. The lowest BCUT2D eigenvalue weighted by molar-refractivity contribution is 0.248. The highest BCUT2D eigenvalue weighted by Gasteiger charge is 2.29. The summed E-state index contributed by atoms with van der Waals surface area (Å²) in [6.07, 6.45) is 2.30. The molecular weight excluding hydrogens is 242 g/mol. The van der Waals surface area contributed by atoms with Gasteiger partial charge in [0.2, 0.25) is 0 Å². The van der Waals surface area contributed by atoms with Crippen LogP contribution in [0.5, 0.6) is 0 Å². The second-order valence-corrected chi connectivity index (χ2v) is 4.30. The largest absolute Gasteiger partial charge is 0.343 e. The van der Waals surface area contributed by atoms with Crippen LogP contribution in [0, 0.1) is 12.5 Å². The first-order valence-electron chi connectivity index (χ1n) is 6.25. The van der Waals surface area contributed by atoms with Crippen molar-refractivity contribution in [3.63, 3.8) is 0 Å². The molecule has 0 heterocycles. The molecule has 1 aromatic rings. The Morgan fingerprint density at radius 1 is 1.47 bits per heavy atom. The Balaban J connectivity index is 0.000000861. The van der Waals surface area contributed by atoms with Gasteiger partial charge in [-0.05, 0) is 44.4 Å². The Kier molecular flexibility index (Phi) is 5.44. The van der Waals surface area contributed by atoms with E-state index < -0.39 is 0 Å². The van der Waals surface area contributed by atoms with Gasteiger partial charge in [0, 0.05) is 7.05 Å². The van der Waals surface area contributed by atoms with Gasteiger partial charge in [-0.2, -0.15) is 10.5 Å². The monoisotopic (exact) mass is 263 g/mol.